The van der Waals surface area contributed by atoms with Gasteiger partial charge in [-0.05, 0) is 30.9 Å². The van der Waals surface area contributed by atoms with Crippen molar-refractivity contribution in [2.24, 2.45) is 0 Å². The molecule has 0 spiro atoms. The SMILES string of the molecule is O=C(C(NC1COc2ccccc21)c1ccccc1)N1CCCCC1. The lowest BCUT2D eigenvalue weighted by molar-refractivity contribution is -0.134. The van der Waals surface area contributed by atoms with Crippen molar-refractivity contribution in [2.45, 2.75) is 31.3 Å². The van der Waals surface area contributed by atoms with E-state index in [9.17, 15) is 4.79 Å². The summed E-state index contributed by atoms with van der Waals surface area (Å²) < 4.78 is 5.79. The maximum Gasteiger partial charge on any atom is 0.244 e. The normalized spacial score (nSPS) is 20.6. The number of ether oxygens (including phenoxy) is 1. The molecule has 4 heteroatoms. The first-order valence-electron chi connectivity index (χ1n) is 9.14. The van der Waals surface area contributed by atoms with Crippen molar-refractivity contribution in [2.75, 3.05) is 19.7 Å². The predicted molar refractivity (Wildman–Crippen MR) is 97.4 cm³/mol. The number of hydrogen-bond donors (Lipinski definition) is 1. The third-order valence-electron chi connectivity index (χ3n) is 5.12. The van der Waals surface area contributed by atoms with Crippen LogP contribution in [0.4, 0.5) is 0 Å². The van der Waals surface area contributed by atoms with Crippen molar-refractivity contribution in [3.8, 4) is 5.75 Å². The number of carbonyl (C=O) groups excluding carboxylic acids is 1. The maximum absolute atomic E-state index is 13.2. The standard InChI is InChI=1S/C21H24N2O2/c24-21(23-13-7-2-8-14-23)20(16-9-3-1-4-10-16)22-18-15-25-19-12-6-5-11-17(18)19/h1,3-6,9-12,18,20,22H,2,7-8,13-15H2. The van der Waals surface area contributed by atoms with E-state index < -0.39 is 0 Å². The highest BCUT2D eigenvalue weighted by molar-refractivity contribution is 5.83. The van der Waals surface area contributed by atoms with Crippen LogP contribution in [0.1, 0.15) is 42.5 Å². The van der Waals surface area contributed by atoms with Gasteiger partial charge in [0, 0.05) is 18.7 Å². The highest BCUT2D eigenvalue weighted by Gasteiger charge is 2.32. The Morgan fingerprint density at radius 3 is 2.52 bits per heavy atom. The van der Waals surface area contributed by atoms with E-state index in [1.807, 2.05) is 53.4 Å². The molecule has 2 heterocycles. The molecule has 1 N–H and O–H groups in total. The van der Waals surface area contributed by atoms with E-state index in [0.717, 1.165) is 42.8 Å². The second-order valence-corrected chi connectivity index (χ2v) is 6.80. The molecular formula is C21H24N2O2. The quantitative estimate of drug-likeness (QED) is 0.930. The van der Waals surface area contributed by atoms with Gasteiger partial charge in [-0.25, -0.2) is 0 Å². The van der Waals surface area contributed by atoms with E-state index in [0.29, 0.717) is 6.61 Å². The molecule has 1 fully saturated rings. The Kier molecular flexibility index (Phi) is 4.70. The van der Waals surface area contributed by atoms with E-state index >= 15 is 0 Å². The monoisotopic (exact) mass is 336 g/mol. The summed E-state index contributed by atoms with van der Waals surface area (Å²) in [5, 5.41) is 3.57. The molecular weight excluding hydrogens is 312 g/mol. The molecule has 1 amide bonds. The first kappa shape index (κ1) is 16.2. The highest BCUT2D eigenvalue weighted by atomic mass is 16.5. The van der Waals surface area contributed by atoms with Gasteiger partial charge in [-0.1, -0.05) is 48.5 Å². The highest BCUT2D eigenvalue weighted by Crippen LogP contribution is 2.34. The van der Waals surface area contributed by atoms with Gasteiger partial charge < -0.3 is 9.64 Å². The topological polar surface area (TPSA) is 41.6 Å². The summed E-state index contributed by atoms with van der Waals surface area (Å²) in [6.07, 6.45) is 3.42. The molecule has 2 unspecified atom stereocenters. The van der Waals surface area contributed by atoms with Gasteiger partial charge >= 0.3 is 0 Å². The van der Waals surface area contributed by atoms with E-state index in [1.165, 1.54) is 6.42 Å². The van der Waals surface area contributed by atoms with Gasteiger partial charge in [-0.15, -0.1) is 0 Å². The van der Waals surface area contributed by atoms with Crippen LogP contribution in [0.15, 0.2) is 54.6 Å². The van der Waals surface area contributed by atoms with Crippen LogP contribution in [0.25, 0.3) is 0 Å². The maximum atomic E-state index is 13.2. The molecule has 2 aromatic rings. The van der Waals surface area contributed by atoms with Crippen molar-refractivity contribution in [3.63, 3.8) is 0 Å². The van der Waals surface area contributed by atoms with E-state index in [-0.39, 0.29) is 18.0 Å². The molecule has 0 saturated carbocycles. The summed E-state index contributed by atoms with van der Waals surface area (Å²) in [6, 6.07) is 17.8. The van der Waals surface area contributed by atoms with Crippen LogP contribution in [-0.2, 0) is 4.79 Å². The smallest absolute Gasteiger partial charge is 0.244 e. The number of hydrogen-bond acceptors (Lipinski definition) is 3. The second kappa shape index (κ2) is 7.28. The fourth-order valence-corrected chi connectivity index (χ4v) is 3.75. The number of para-hydroxylation sites is 1. The number of likely N-dealkylation sites (tertiary alicyclic amines) is 1. The van der Waals surface area contributed by atoms with Crippen molar-refractivity contribution >= 4 is 5.91 Å². The molecule has 0 bridgehead atoms. The molecule has 4 nitrogen and oxygen atoms in total. The first-order chi connectivity index (χ1) is 12.3. The molecule has 2 atom stereocenters. The summed E-state index contributed by atoms with van der Waals surface area (Å²) in [5.74, 6) is 1.09. The van der Waals surface area contributed by atoms with Crippen LogP contribution >= 0.6 is 0 Å². The average molecular weight is 336 g/mol. The van der Waals surface area contributed by atoms with Gasteiger partial charge in [-0.2, -0.15) is 0 Å². The zero-order valence-corrected chi connectivity index (χ0v) is 14.4. The Hall–Kier alpha value is -2.33. The molecule has 4 rings (SSSR count). The number of fused-ring (bicyclic) bond motifs is 1. The zero-order valence-electron chi connectivity index (χ0n) is 14.4. The average Bonchev–Trinajstić information content (AvgIpc) is 3.10. The summed E-state index contributed by atoms with van der Waals surface area (Å²) in [5.41, 5.74) is 2.15. The largest absolute Gasteiger partial charge is 0.491 e. The number of benzene rings is 2. The van der Waals surface area contributed by atoms with Gasteiger partial charge in [0.1, 0.15) is 18.4 Å². The first-order valence-corrected chi connectivity index (χ1v) is 9.14. The lowest BCUT2D eigenvalue weighted by Gasteiger charge is -2.32. The lowest BCUT2D eigenvalue weighted by atomic mass is 10.0. The van der Waals surface area contributed by atoms with Gasteiger partial charge in [0.05, 0.1) is 6.04 Å². The molecule has 0 aromatic heterocycles. The van der Waals surface area contributed by atoms with Gasteiger partial charge in [0.25, 0.3) is 0 Å². The Morgan fingerprint density at radius 1 is 1.00 bits per heavy atom. The van der Waals surface area contributed by atoms with Crippen molar-refractivity contribution < 1.29 is 9.53 Å². The Labute approximate surface area is 148 Å². The molecule has 0 radical (unpaired) electrons. The minimum absolute atomic E-state index is 0.0372. The Bertz CT molecular complexity index is 726. The van der Waals surface area contributed by atoms with Crippen LogP contribution < -0.4 is 10.1 Å². The second-order valence-electron chi connectivity index (χ2n) is 6.80. The Morgan fingerprint density at radius 2 is 1.72 bits per heavy atom. The molecule has 25 heavy (non-hydrogen) atoms. The van der Waals surface area contributed by atoms with Crippen molar-refractivity contribution in [1.29, 1.82) is 0 Å². The third kappa shape index (κ3) is 3.40. The van der Waals surface area contributed by atoms with Crippen LogP contribution in [0, 0.1) is 0 Å². The van der Waals surface area contributed by atoms with Crippen molar-refractivity contribution in [1.82, 2.24) is 10.2 Å². The summed E-state index contributed by atoms with van der Waals surface area (Å²) >= 11 is 0. The van der Waals surface area contributed by atoms with Crippen LogP contribution in [0.2, 0.25) is 0 Å². The van der Waals surface area contributed by atoms with Gasteiger partial charge in [0.2, 0.25) is 5.91 Å². The number of rotatable bonds is 4. The van der Waals surface area contributed by atoms with Crippen molar-refractivity contribution in [3.05, 3.63) is 65.7 Å². The minimum atomic E-state index is -0.334. The summed E-state index contributed by atoms with van der Waals surface area (Å²) in [6.45, 7) is 2.29. The molecule has 1 saturated heterocycles. The summed E-state index contributed by atoms with van der Waals surface area (Å²) in [4.78, 5) is 15.2. The fourth-order valence-electron chi connectivity index (χ4n) is 3.75. The van der Waals surface area contributed by atoms with E-state index in [1.54, 1.807) is 0 Å². The molecule has 2 aliphatic rings. The third-order valence-corrected chi connectivity index (χ3v) is 5.12. The predicted octanol–water partition coefficient (Wildman–Crippen LogP) is 3.46. The molecule has 130 valence electrons. The number of carbonyl (C=O) groups is 1. The fraction of sp³-hybridized carbons (Fsp3) is 0.381. The lowest BCUT2D eigenvalue weighted by Crippen LogP contribution is -2.44. The molecule has 2 aromatic carbocycles. The minimum Gasteiger partial charge on any atom is -0.491 e. The van der Waals surface area contributed by atoms with Crippen LogP contribution in [-0.4, -0.2) is 30.5 Å². The van der Waals surface area contributed by atoms with E-state index in [4.69, 9.17) is 4.74 Å². The van der Waals surface area contributed by atoms with E-state index in [2.05, 4.69) is 11.4 Å². The zero-order chi connectivity index (χ0) is 17.1. The van der Waals surface area contributed by atoms with Crippen LogP contribution in [0.3, 0.4) is 0 Å². The number of nitrogens with zero attached hydrogens (tertiary/aromatic N) is 1. The number of piperidine rings is 1. The Balaban J connectivity index is 1.59. The van der Waals surface area contributed by atoms with Gasteiger partial charge in [0.15, 0.2) is 0 Å². The number of nitrogens with one attached hydrogen (secondary N) is 1. The van der Waals surface area contributed by atoms with Gasteiger partial charge in [-0.3, -0.25) is 10.1 Å². The number of amides is 1. The molecule has 2 aliphatic heterocycles. The molecule has 0 aliphatic carbocycles. The summed E-state index contributed by atoms with van der Waals surface area (Å²) in [7, 11) is 0. The van der Waals surface area contributed by atoms with Crippen LogP contribution in [0.5, 0.6) is 5.75 Å².